The van der Waals surface area contributed by atoms with Crippen LogP contribution in [0.3, 0.4) is 0 Å². The molecule has 10 heteroatoms. The van der Waals surface area contributed by atoms with Crippen molar-refractivity contribution in [3.63, 3.8) is 0 Å². The van der Waals surface area contributed by atoms with E-state index in [0.717, 1.165) is 30.5 Å². The first-order valence-electron chi connectivity index (χ1n) is 11.1. The number of esters is 1. The Morgan fingerprint density at radius 3 is 2.51 bits per heavy atom. The lowest BCUT2D eigenvalue weighted by atomic mass is 9.73. The van der Waals surface area contributed by atoms with Crippen molar-refractivity contribution in [1.29, 1.82) is 5.26 Å². The van der Waals surface area contributed by atoms with Gasteiger partial charge in [0.05, 0.1) is 35.3 Å². The number of carbonyl (C=O) groups is 2. The Kier molecular flexibility index (Phi) is 6.47. The van der Waals surface area contributed by atoms with Crippen molar-refractivity contribution in [1.82, 2.24) is 4.90 Å². The average Bonchev–Trinajstić information content (AvgIpc) is 3.05. The fourth-order valence-corrected chi connectivity index (χ4v) is 4.90. The molecule has 1 saturated heterocycles. The van der Waals surface area contributed by atoms with Crippen molar-refractivity contribution >= 4 is 17.6 Å². The minimum Gasteiger partial charge on any atom is -0.492 e. The van der Waals surface area contributed by atoms with Crippen LogP contribution in [0.2, 0.25) is 0 Å². The maximum Gasteiger partial charge on any atom is 0.417 e. The van der Waals surface area contributed by atoms with Gasteiger partial charge in [-0.15, -0.1) is 0 Å². The number of methoxy groups -OCH3 is 1. The van der Waals surface area contributed by atoms with Gasteiger partial charge in [0, 0.05) is 19.3 Å². The Balaban J connectivity index is 1.40. The van der Waals surface area contributed by atoms with Crippen LogP contribution < -0.4 is 9.64 Å². The van der Waals surface area contributed by atoms with Gasteiger partial charge in [-0.05, 0) is 67.9 Å². The van der Waals surface area contributed by atoms with Crippen molar-refractivity contribution in [3.05, 3.63) is 58.7 Å². The molecule has 2 aliphatic heterocycles. The number of piperidine rings is 1. The summed E-state index contributed by atoms with van der Waals surface area (Å²) in [5, 5.41) is 9.28. The summed E-state index contributed by atoms with van der Waals surface area (Å²) in [6.07, 6.45) is -3.58. The Labute approximate surface area is 200 Å². The molecule has 2 aromatic carbocycles. The molecule has 0 bridgehead atoms. The van der Waals surface area contributed by atoms with E-state index in [-0.39, 0.29) is 18.3 Å². The molecule has 0 atom stereocenters. The molecule has 0 unspecified atom stereocenters. The Bertz CT molecular complexity index is 1200. The highest BCUT2D eigenvalue weighted by molar-refractivity contribution is 6.08. The maximum atomic E-state index is 13.4. The third kappa shape index (κ3) is 4.44. The molecule has 0 aromatic heterocycles. The monoisotopic (exact) mass is 487 g/mol. The molecule has 0 N–H and O–H groups in total. The highest BCUT2D eigenvalue weighted by Gasteiger charge is 2.51. The van der Waals surface area contributed by atoms with E-state index >= 15 is 0 Å². The summed E-state index contributed by atoms with van der Waals surface area (Å²) >= 11 is 0. The van der Waals surface area contributed by atoms with Gasteiger partial charge in [0.15, 0.2) is 0 Å². The number of hydrogen-bond donors (Lipinski definition) is 0. The normalized spacial score (nSPS) is 17.3. The molecular weight excluding hydrogens is 463 g/mol. The van der Waals surface area contributed by atoms with Gasteiger partial charge in [0.25, 0.3) is 0 Å². The number of hydrogen-bond acceptors (Lipinski definition) is 6. The SMILES string of the molecule is COC(=O)c1ccc(OCCN2CCC3(CC2)C(=O)N(C)c2ccc(C#N)cc23)cc1C(F)(F)F. The van der Waals surface area contributed by atoms with Gasteiger partial charge in [-0.3, -0.25) is 9.69 Å². The summed E-state index contributed by atoms with van der Waals surface area (Å²) in [7, 11) is 2.76. The number of nitrogens with zero attached hydrogens (tertiary/aromatic N) is 3. The smallest absolute Gasteiger partial charge is 0.417 e. The summed E-state index contributed by atoms with van der Waals surface area (Å²) < 4.78 is 50.1. The third-order valence-electron chi connectivity index (χ3n) is 6.80. The second-order valence-corrected chi connectivity index (χ2v) is 8.68. The molecule has 7 nitrogen and oxygen atoms in total. The van der Waals surface area contributed by atoms with Crippen LogP contribution in [-0.2, 0) is 21.1 Å². The summed E-state index contributed by atoms with van der Waals surface area (Å²) in [6.45, 7) is 1.82. The van der Waals surface area contributed by atoms with Crippen LogP contribution in [0.5, 0.6) is 5.75 Å². The van der Waals surface area contributed by atoms with E-state index in [4.69, 9.17) is 4.74 Å². The van der Waals surface area contributed by atoms with Gasteiger partial charge < -0.3 is 14.4 Å². The number of carbonyl (C=O) groups excluding carboxylic acids is 2. The van der Waals surface area contributed by atoms with Gasteiger partial charge >= 0.3 is 12.1 Å². The predicted octanol–water partition coefficient (Wildman–Crippen LogP) is 3.75. The number of fused-ring (bicyclic) bond motifs is 2. The van der Waals surface area contributed by atoms with E-state index in [1.165, 1.54) is 6.07 Å². The molecule has 2 aromatic rings. The van der Waals surface area contributed by atoms with Crippen LogP contribution in [-0.4, -0.2) is 57.2 Å². The lowest BCUT2D eigenvalue weighted by Gasteiger charge is -2.38. The Morgan fingerprint density at radius 1 is 1.17 bits per heavy atom. The molecule has 0 saturated carbocycles. The molecule has 2 heterocycles. The second-order valence-electron chi connectivity index (χ2n) is 8.68. The topological polar surface area (TPSA) is 82.9 Å². The minimum absolute atomic E-state index is 0.00372. The molecular formula is C25H24F3N3O4. The number of nitriles is 1. The van der Waals surface area contributed by atoms with Crippen molar-refractivity contribution in [2.24, 2.45) is 0 Å². The number of rotatable bonds is 5. The van der Waals surface area contributed by atoms with Gasteiger partial charge in [0.1, 0.15) is 12.4 Å². The van der Waals surface area contributed by atoms with E-state index in [2.05, 4.69) is 15.7 Å². The molecule has 184 valence electrons. The van der Waals surface area contributed by atoms with Crippen molar-refractivity contribution in [3.8, 4) is 11.8 Å². The summed E-state index contributed by atoms with van der Waals surface area (Å²) in [6, 6.07) is 10.6. The zero-order valence-corrected chi connectivity index (χ0v) is 19.3. The first-order chi connectivity index (χ1) is 16.6. The fraction of sp³-hybridized carbons (Fsp3) is 0.400. The van der Waals surface area contributed by atoms with Gasteiger partial charge in [0.2, 0.25) is 5.91 Å². The van der Waals surface area contributed by atoms with Crippen LogP contribution >= 0.6 is 0 Å². The van der Waals surface area contributed by atoms with Gasteiger partial charge in [-0.25, -0.2) is 4.79 Å². The summed E-state index contributed by atoms with van der Waals surface area (Å²) in [5.41, 5.74) is -0.133. The second kappa shape index (κ2) is 9.23. The van der Waals surface area contributed by atoms with Crippen LogP contribution in [0.25, 0.3) is 0 Å². The minimum atomic E-state index is -4.73. The largest absolute Gasteiger partial charge is 0.492 e. The summed E-state index contributed by atoms with van der Waals surface area (Å²) in [4.78, 5) is 28.5. The number of benzene rings is 2. The van der Waals surface area contributed by atoms with Gasteiger partial charge in [-0.2, -0.15) is 18.4 Å². The van der Waals surface area contributed by atoms with Crippen LogP contribution in [0, 0.1) is 11.3 Å². The zero-order valence-electron chi connectivity index (χ0n) is 19.3. The number of amides is 1. The zero-order chi connectivity index (χ0) is 25.4. The number of likely N-dealkylation sites (tertiary alicyclic amines) is 1. The van der Waals surface area contributed by atoms with Crippen molar-refractivity contribution < 1.29 is 32.2 Å². The third-order valence-corrected chi connectivity index (χ3v) is 6.80. The van der Waals surface area contributed by atoms with Crippen molar-refractivity contribution in [2.75, 3.05) is 45.3 Å². The lowest BCUT2D eigenvalue weighted by Crippen LogP contribution is -2.48. The van der Waals surface area contributed by atoms with E-state index < -0.39 is 28.7 Å². The average molecular weight is 487 g/mol. The number of alkyl halides is 3. The molecule has 35 heavy (non-hydrogen) atoms. The van der Waals surface area contributed by atoms with Crippen molar-refractivity contribution in [2.45, 2.75) is 24.4 Å². The molecule has 1 amide bonds. The van der Waals surface area contributed by atoms with Crippen LogP contribution in [0.4, 0.5) is 18.9 Å². The quantitative estimate of drug-likeness (QED) is 0.598. The first-order valence-corrected chi connectivity index (χ1v) is 11.1. The van der Waals surface area contributed by atoms with E-state index in [1.54, 1.807) is 30.1 Å². The molecule has 1 fully saturated rings. The highest BCUT2D eigenvalue weighted by Crippen LogP contribution is 2.47. The Hall–Kier alpha value is -3.58. The predicted molar refractivity (Wildman–Crippen MR) is 120 cm³/mol. The first kappa shape index (κ1) is 24.5. The fourth-order valence-electron chi connectivity index (χ4n) is 4.90. The molecule has 0 radical (unpaired) electrons. The maximum absolute atomic E-state index is 13.4. The number of halogens is 3. The van der Waals surface area contributed by atoms with E-state index in [1.807, 2.05) is 0 Å². The summed E-state index contributed by atoms with van der Waals surface area (Å²) in [5.74, 6) is -1.05. The standard InChI is InChI=1S/C25H24F3N3O4/c1-30-21-6-3-16(15-29)13-20(21)24(23(30)33)7-9-31(10-8-24)11-12-35-17-4-5-18(22(32)34-2)19(14-17)25(26,27)28/h3-6,13-14H,7-12H2,1-2H3. The van der Waals surface area contributed by atoms with E-state index in [9.17, 15) is 28.0 Å². The molecule has 2 aliphatic rings. The Morgan fingerprint density at radius 2 is 1.89 bits per heavy atom. The molecule has 0 aliphatic carbocycles. The number of ether oxygens (including phenoxy) is 2. The molecule has 1 spiro atoms. The number of likely N-dealkylation sites (N-methyl/N-ethyl adjacent to an activating group) is 1. The van der Waals surface area contributed by atoms with Crippen LogP contribution in [0.15, 0.2) is 36.4 Å². The highest BCUT2D eigenvalue weighted by atomic mass is 19.4. The number of anilines is 1. The van der Waals surface area contributed by atoms with Crippen LogP contribution in [0.1, 0.15) is 39.9 Å². The van der Waals surface area contributed by atoms with E-state index in [0.29, 0.717) is 38.0 Å². The van der Waals surface area contributed by atoms with Gasteiger partial charge in [-0.1, -0.05) is 0 Å². The lowest BCUT2D eigenvalue weighted by molar-refractivity contribution is -0.138. The molecule has 4 rings (SSSR count).